The molecule has 106 valence electrons. The van der Waals surface area contributed by atoms with Gasteiger partial charge < -0.3 is 15.2 Å². The fourth-order valence-corrected chi connectivity index (χ4v) is 2.45. The Morgan fingerprint density at radius 1 is 1.40 bits per heavy atom. The van der Waals surface area contributed by atoms with Crippen LogP contribution in [0, 0.1) is 5.82 Å². The molecule has 6 heteroatoms. The van der Waals surface area contributed by atoms with Crippen LogP contribution in [0.25, 0.3) is 0 Å². The Morgan fingerprint density at radius 2 is 2.20 bits per heavy atom. The number of aromatic carboxylic acids is 1. The van der Waals surface area contributed by atoms with Crippen LogP contribution in [0.4, 0.5) is 10.1 Å². The molecule has 2 N–H and O–H groups in total. The average Bonchev–Trinajstić information content (AvgIpc) is 2.88. The molecule has 0 unspecified atom stereocenters. The Balaban J connectivity index is 1.99. The van der Waals surface area contributed by atoms with Crippen molar-refractivity contribution in [1.29, 1.82) is 0 Å². The van der Waals surface area contributed by atoms with Crippen molar-refractivity contribution in [3.05, 3.63) is 45.9 Å². The fraction of sp³-hybridized carbons (Fsp3) is 0.214. The van der Waals surface area contributed by atoms with Gasteiger partial charge in [-0.05, 0) is 31.2 Å². The van der Waals surface area contributed by atoms with Crippen molar-refractivity contribution in [1.82, 2.24) is 0 Å². The molecule has 4 nitrogen and oxygen atoms in total. The maximum absolute atomic E-state index is 13.6. The van der Waals surface area contributed by atoms with Crippen molar-refractivity contribution in [2.24, 2.45) is 0 Å². The lowest BCUT2D eigenvalue weighted by Gasteiger charge is -2.08. The zero-order valence-corrected chi connectivity index (χ0v) is 11.7. The predicted octanol–water partition coefficient (Wildman–Crippen LogP) is 3.60. The van der Waals surface area contributed by atoms with Crippen LogP contribution in [0.2, 0.25) is 0 Å². The highest BCUT2D eigenvalue weighted by atomic mass is 32.1. The number of rotatable bonds is 6. The lowest BCUT2D eigenvalue weighted by atomic mass is 10.3. The van der Waals surface area contributed by atoms with Gasteiger partial charge in [0.1, 0.15) is 4.88 Å². The summed E-state index contributed by atoms with van der Waals surface area (Å²) in [7, 11) is 0. The Bertz CT molecular complexity index is 612. The fourth-order valence-electron chi connectivity index (χ4n) is 1.66. The van der Waals surface area contributed by atoms with Crippen LogP contribution in [0.15, 0.2) is 30.3 Å². The first-order chi connectivity index (χ1) is 9.60. The summed E-state index contributed by atoms with van der Waals surface area (Å²) in [6, 6.07) is 7.95. The van der Waals surface area contributed by atoms with E-state index in [0.717, 1.165) is 4.88 Å². The lowest BCUT2D eigenvalue weighted by Crippen LogP contribution is -1.99. The number of nitrogens with one attached hydrogen (secondary N) is 1. The van der Waals surface area contributed by atoms with Gasteiger partial charge in [-0.1, -0.05) is 0 Å². The summed E-state index contributed by atoms with van der Waals surface area (Å²) in [4.78, 5) is 11.9. The second kappa shape index (κ2) is 6.38. The molecule has 1 heterocycles. The van der Waals surface area contributed by atoms with E-state index in [2.05, 4.69) is 5.32 Å². The molecule has 0 amide bonds. The van der Waals surface area contributed by atoms with E-state index < -0.39 is 11.8 Å². The highest BCUT2D eigenvalue weighted by molar-refractivity contribution is 7.13. The summed E-state index contributed by atoms with van der Waals surface area (Å²) in [5, 5.41) is 11.9. The zero-order chi connectivity index (χ0) is 14.5. The molecule has 0 fully saturated rings. The molecule has 20 heavy (non-hydrogen) atoms. The van der Waals surface area contributed by atoms with Gasteiger partial charge in [0.15, 0.2) is 11.6 Å². The van der Waals surface area contributed by atoms with Gasteiger partial charge in [-0.2, -0.15) is 0 Å². The predicted molar refractivity (Wildman–Crippen MR) is 76.2 cm³/mol. The van der Waals surface area contributed by atoms with Crippen molar-refractivity contribution in [2.75, 3.05) is 11.9 Å². The second-order valence-electron chi connectivity index (χ2n) is 4.00. The number of halogens is 1. The first kappa shape index (κ1) is 14.3. The minimum atomic E-state index is -0.937. The summed E-state index contributed by atoms with van der Waals surface area (Å²) in [6.07, 6.45) is 0. The Morgan fingerprint density at radius 3 is 2.80 bits per heavy atom. The van der Waals surface area contributed by atoms with Crippen molar-refractivity contribution in [2.45, 2.75) is 13.5 Å². The van der Waals surface area contributed by atoms with Crippen LogP contribution in [0.3, 0.4) is 0 Å². The van der Waals surface area contributed by atoms with E-state index in [1.54, 1.807) is 31.2 Å². The van der Waals surface area contributed by atoms with Crippen LogP contribution < -0.4 is 10.1 Å². The van der Waals surface area contributed by atoms with E-state index in [9.17, 15) is 9.18 Å². The normalized spacial score (nSPS) is 10.3. The van der Waals surface area contributed by atoms with Gasteiger partial charge in [-0.25, -0.2) is 9.18 Å². The van der Waals surface area contributed by atoms with Crippen LogP contribution in [-0.4, -0.2) is 17.7 Å². The summed E-state index contributed by atoms with van der Waals surface area (Å²) < 4.78 is 18.8. The number of ether oxygens (including phenoxy) is 1. The van der Waals surface area contributed by atoms with E-state index in [1.807, 2.05) is 0 Å². The van der Waals surface area contributed by atoms with E-state index in [1.165, 1.54) is 17.4 Å². The molecule has 2 rings (SSSR count). The maximum atomic E-state index is 13.6. The summed E-state index contributed by atoms with van der Waals surface area (Å²) in [6.45, 7) is 2.66. The first-order valence-corrected chi connectivity index (χ1v) is 6.90. The van der Waals surface area contributed by atoms with Gasteiger partial charge in [-0.15, -0.1) is 11.3 Å². The number of benzene rings is 1. The molecule has 0 aliphatic heterocycles. The third-order valence-electron chi connectivity index (χ3n) is 2.57. The van der Waals surface area contributed by atoms with Crippen LogP contribution in [-0.2, 0) is 6.54 Å². The smallest absolute Gasteiger partial charge is 0.345 e. The second-order valence-corrected chi connectivity index (χ2v) is 5.17. The van der Waals surface area contributed by atoms with E-state index in [4.69, 9.17) is 9.84 Å². The Hall–Kier alpha value is -2.08. The molecule has 1 aromatic heterocycles. The van der Waals surface area contributed by atoms with E-state index in [0.29, 0.717) is 23.7 Å². The van der Waals surface area contributed by atoms with Gasteiger partial charge in [0, 0.05) is 23.2 Å². The molecule has 2 aromatic rings. The number of thiophene rings is 1. The third kappa shape index (κ3) is 3.48. The highest BCUT2D eigenvalue weighted by Gasteiger charge is 2.07. The van der Waals surface area contributed by atoms with Gasteiger partial charge >= 0.3 is 5.97 Å². The molecular weight excluding hydrogens is 281 g/mol. The topological polar surface area (TPSA) is 58.6 Å². The SMILES string of the molecule is CCOc1ccc(NCc2ccc(C(=O)O)s2)cc1F. The third-order valence-corrected chi connectivity index (χ3v) is 3.64. The van der Waals surface area contributed by atoms with E-state index >= 15 is 0 Å². The van der Waals surface area contributed by atoms with Crippen molar-refractivity contribution in [3.8, 4) is 5.75 Å². The number of carboxylic acids is 1. The summed E-state index contributed by atoms with van der Waals surface area (Å²) in [5.41, 5.74) is 0.622. The Labute approximate surface area is 119 Å². The summed E-state index contributed by atoms with van der Waals surface area (Å²) >= 11 is 1.20. The van der Waals surface area contributed by atoms with Crippen molar-refractivity contribution >= 4 is 23.0 Å². The number of carboxylic acid groups (broad SMARTS) is 1. The number of hydrogen-bond acceptors (Lipinski definition) is 4. The Kier molecular flexibility index (Phi) is 4.57. The van der Waals surface area contributed by atoms with Gasteiger partial charge in [0.25, 0.3) is 0 Å². The molecule has 0 spiro atoms. The minimum absolute atomic E-state index is 0.224. The molecular formula is C14H14FNO3S. The molecule has 0 saturated carbocycles. The first-order valence-electron chi connectivity index (χ1n) is 6.08. The average molecular weight is 295 g/mol. The van der Waals surface area contributed by atoms with Crippen LogP contribution >= 0.6 is 11.3 Å². The monoisotopic (exact) mass is 295 g/mol. The zero-order valence-electron chi connectivity index (χ0n) is 10.9. The molecule has 0 aliphatic rings. The summed E-state index contributed by atoms with van der Waals surface area (Å²) in [5.74, 6) is -1.13. The number of anilines is 1. The molecule has 0 saturated heterocycles. The minimum Gasteiger partial charge on any atom is -0.491 e. The number of carbonyl (C=O) groups is 1. The van der Waals surface area contributed by atoms with Gasteiger partial charge in [0.2, 0.25) is 0 Å². The lowest BCUT2D eigenvalue weighted by molar-refractivity contribution is 0.0702. The quantitative estimate of drug-likeness (QED) is 0.855. The van der Waals surface area contributed by atoms with Crippen molar-refractivity contribution < 1.29 is 19.0 Å². The molecule has 1 aromatic carbocycles. The molecule has 0 aliphatic carbocycles. The highest BCUT2D eigenvalue weighted by Crippen LogP contribution is 2.23. The van der Waals surface area contributed by atoms with Gasteiger partial charge in [0.05, 0.1) is 6.61 Å². The number of hydrogen-bond donors (Lipinski definition) is 2. The molecule has 0 bridgehead atoms. The largest absolute Gasteiger partial charge is 0.491 e. The maximum Gasteiger partial charge on any atom is 0.345 e. The molecule has 0 atom stereocenters. The van der Waals surface area contributed by atoms with E-state index in [-0.39, 0.29) is 5.75 Å². The van der Waals surface area contributed by atoms with Crippen LogP contribution in [0.1, 0.15) is 21.5 Å². The van der Waals surface area contributed by atoms with Gasteiger partial charge in [-0.3, -0.25) is 0 Å². The molecule has 0 radical (unpaired) electrons. The standard InChI is InChI=1S/C14H14FNO3S/c1-2-19-12-5-3-9(7-11(12)15)16-8-10-4-6-13(20-10)14(17)18/h3-7,16H,2,8H2,1H3,(H,17,18). The van der Waals surface area contributed by atoms with Crippen molar-refractivity contribution in [3.63, 3.8) is 0 Å². The van der Waals surface area contributed by atoms with Crippen LogP contribution in [0.5, 0.6) is 5.75 Å².